The van der Waals surface area contributed by atoms with Gasteiger partial charge in [-0.15, -0.1) is 0 Å². The highest BCUT2D eigenvalue weighted by atomic mass is 79.9. The van der Waals surface area contributed by atoms with Crippen LogP contribution in [0.4, 0.5) is 5.69 Å². The van der Waals surface area contributed by atoms with Crippen LogP contribution < -0.4 is 15.5 Å². The molecule has 0 heterocycles. The number of hydrogen-bond donors (Lipinski definition) is 3. The van der Waals surface area contributed by atoms with Crippen LogP contribution in [0.3, 0.4) is 0 Å². The molecule has 0 bridgehead atoms. The van der Waals surface area contributed by atoms with Crippen LogP contribution >= 0.6 is 31.9 Å². The molecular weight excluding hydrogens is 454 g/mol. The Morgan fingerprint density at radius 1 is 1.36 bits per heavy atom. The van der Waals surface area contributed by atoms with Crippen LogP contribution in [0.1, 0.15) is 11.1 Å². The summed E-state index contributed by atoms with van der Waals surface area (Å²) in [7, 11) is 1.45. The number of halogens is 2. The molecule has 2 aromatic rings. The highest BCUT2D eigenvalue weighted by Gasteiger charge is 2.14. The molecule has 1 amide bonds. The van der Waals surface area contributed by atoms with Crippen molar-refractivity contribution in [1.82, 2.24) is 5.43 Å². The highest BCUT2D eigenvalue weighted by Crippen LogP contribution is 2.39. The normalized spacial score (nSPS) is 10.7. The standard InChI is InChI=1S/C17H17Br2N3O3/c1-10-4-3-5-11(6-10)20-9-15(23)22-21-8-12-16(19)13(18)7-14(25-2)17(12)24/h3-8,20,24H,9H2,1-2H3,(H,22,23)/b21-8+. The molecule has 2 aromatic carbocycles. The summed E-state index contributed by atoms with van der Waals surface area (Å²) in [6.45, 7) is 2.06. The number of anilines is 1. The predicted molar refractivity (Wildman–Crippen MR) is 105 cm³/mol. The molecule has 0 spiro atoms. The van der Waals surface area contributed by atoms with Crippen molar-refractivity contribution in [2.75, 3.05) is 19.0 Å². The first-order chi connectivity index (χ1) is 11.9. The van der Waals surface area contributed by atoms with Crippen molar-refractivity contribution in [2.24, 2.45) is 5.10 Å². The minimum atomic E-state index is -0.310. The van der Waals surface area contributed by atoms with Crippen LogP contribution in [0.25, 0.3) is 0 Å². The SMILES string of the molecule is COc1cc(Br)c(Br)c(/C=N/NC(=O)CNc2cccc(C)c2)c1O. The van der Waals surface area contributed by atoms with Crippen molar-refractivity contribution in [3.63, 3.8) is 0 Å². The number of amides is 1. The Kier molecular flexibility index (Phi) is 6.83. The van der Waals surface area contributed by atoms with E-state index < -0.39 is 0 Å². The summed E-state index contributed by atoms with van der Waals surface area (Å²) < 4.78 is 6.38. The summed E-state index contributed by atoms with van der Waals surface area (Å²) in [5.41, 5.74) is 4.76. The summed E-state index contributed by atoms with van der Waals surface area (Å²) in [5, 5.41) is 17.0. The fourth-order valence-corrected chi connectivity index (χ4v) is 2.86. The molecule has 0 saturated carbocycles. The van der Waals surface area contributed by atoms with Crippen molar-refractivity contribution >= 4 is 49.7 Å². The van der Waals surface area contributed by atoms with Gasteiger partial charge in [-0.1, -0.05) is 12.1 Å². The number of phenolic OH excluding ortho intramolecular Hbond substituents is 1. The molecule has 0 aliphatic rings. The zero-order valence-electron chi connectivity index (χ0n) is 13.6. The van der Waals surface area contributed by atoms with Crippen molar-refractivity contribution in [1.29, 1.82) is 0 Å². The van der Waals surface area contributed by atoms with Crippen LogP contribution in [0.15, 0.2) is 44.4 Å². The van der Waals surface area contributed by atoms with Gasteiger partial charge in [0.2, 0.25) is 0 Å². The number of carbonyl (C=O) groups is 1. The number of nitrogens with one attached hydrogen (secondary N) is 2. The Labute approximate surface area is 162 Å². The van der Waals surface area contributed by atoms with Crippen LogP contribution in [0, 0.1) is 6.92 Å². The Morgan fingerprint density at radius 2 is 2.12 bits per heavy atom. The largest absolute Gasteiger partial charge is 0.504 e. The zero-order valence-corrected chi connectivity index (χ0v) is 16.8. The fraction of sp³-hybridized carbons (Fsp3) is 0.176. The molecule has 0 aromatic heterocycles. The van der Waals surface area contributed by atoms with Gasteiger partial charge >= 0.3 is 0 Å². The number of hydrogen-bond acceptors (Lipinski definition) is 5. The van der Waals surface area contributed by atoms with E-state index in [1.54, 1.807) is 6.07 Å². The molecule has 6 nitrogen and oxygen atoms in total. The number of aryl methyl sites for hydroxylation is 1. The van der Waals surface area contributed by atoms with Gasteiger partial charge in [0, 0.05) is 14.6 Å². The molecule has 0 fully saturated rings. The van der Waals surface area contributed by atoms with E-state index in [0.29, 0.717) is 20.3 Å². The van der Waals surface area contributed by atoms with Crippen LogP contribution in [0.5, 0.6) is 11.5 Å². The first kappa shape index (κ1) is 19.3. The lowest BCUT2D eigenvalue weighted by molar-refractivity contribution is -0.119. The maximum Gasteiger partial charge on any atom is 0.259 e. The van der Waals surface area contributed by atoms with E-state index in [-0.39, 0.29) is 18.2 Å². The number of carbonyl (C=O) groups excluding carboxylic acids is 1. The number of methoxy groups -OCH3 is 1. The van der Waals surface area contributed by atoms with E-state index in [2.05, 4.69) is 47.7 Å². The highest BCUT2D eigenvalue weighted by molar-refractivity contribution is 9.13. The number of ether oxygens (including phenoxy) is 1. The lowest BCUT2D eigenvalue weighted by Gasteiger charge is -2.10. The smallest absolute Gasteiger partial charge is 0.259 e. The Bertz CT molecular complexity index is 810. The summed E-state index contributed by atoms with van der Waals surface area (Å²) in [6, 6.07) is 9.34. The minimum absolute atomic E-state index is 0.0755. The third kappa shape index (κ3) is 5.20. The van der Waals surface area contributed by atoms with E-state index in [9.17, 15) is 9.90 Å². The van der Waals surface area contributed by atoms with E-state index in [1.807, 2.05) is 31.2 Å². The molecule has 0 atom stereocenters. The first-order valence-electron chi connectivity index (χ1n) is 7.29. The first-order valence-corrected chi connectivity index (χ1v) is 8.88. The lowest BCUT2D eigenvalue weighted by atomic mass is 10.2. The second kappa shape index (κ2) is 8.87. The van der Waals surface area contributed by atoms with Gasteiger partial charge in [0.05, 0.1) is 25.4 Å². The number of hydrazone groups is 1. The fourth-order valence-electron chi connectivity index (χ4n) is 2.03. The van der Waals surface area contributed by atoms with Gasteiger partial charge in [0.1, 0.15) is 0 Å². The second-order valence-electron chi connectivity index (χ2n) is 5.15. The average molecular weight is 471 g/mol. The summed E-state index contributed by atoms with van der Waals surface area (Å²) in [5.74, 6) is -0.0900. The molecule has 0 unspecified atom stereocenters. The van der Waals surface area contributed by atoms with Gasteiger partial charge in [-0.05, 0) is 62.5 Å². The number of aromatic hydroxyl groups is 1. The summed E-state index contributed by atoms with van der Waals surface area (Å²) in [6.07, 6.45) is 1.34. The molecule has 0 saturated heterocycles. The van der Waals surface area contributed by atoms with Crippen molar-refractivity contribution in [3.05, 3.63) is 50.4 Å². The zero-order chi connectivity index (χ0) is 18.4. The summed E-state index contributed by atoms with van der Waals surface area (Å²) in [4.78, 5) is 11.9. The van der Waals surface area contributed by atoms with Gasteiger partial charge in [-0.25, -0.2) is 5.43 Å². The molecule has 0 aliphatic carbocycles. The van der Waals surface area contributed by atoms with Gasteiger partial charge < -0.3 is 15.2 Å². The monoisotopic (exact) mass is 469 g/mol. The Morgan fingerprint density at radius 3 is 2.80 bits per heavy atom. The summed E-state index contributed by atoms with van der Waals surface area (Å²) >= 11 is 6.70. The molecule has 25 heavy (non-hydrogen) atoms. The Hall–Kier alpha value is -2.06. The van der Waals surface area contributed by atoms with Crippen molar-refractivity contribution < 1.29 is 14.6 Å². The van der Waals surface area contributed by atoms with E-state index in [0.717, 1.165) is 11.3 Å². The van der Waals surface area contributed by atoms with Gasteiger partial charge in [0.25, 0.3) is 5.91 Å². The van der Waals surface area contributed by atoms with E-state index >= 15 is 0 Å². The maximum atomic E-state index is 11.9. The van der Waals surface area contributed by atoms with Gasteiger partial charge in [-0.2, -0.15) is 5.10 Å². The number of phenols is 1. The van der Waals surface area contributed by atoms with E-state index in [1.165, 1.54) is 13.3 Å². The molecule has 0 radical (unpaired) electrons. The average Bonchev–Trinajstić information content (AvgIpc) is 2.59. The lowest BCUT2D eigenvalue weighted by Crippen LogP contribution is -2.25. The quantitative estimate of drug-likeness (QED) is 0.443. The van der Waals surface area contributed by atoms with Gasteiger partial charge in [-0.3, -0.25) is 4.79 Å². The molecule has 0 aliphatic heterocycles. The maximum absolute atomic E-state index is 11.9. The van der Waals surface area contributed by atoms with Crippen LogP contribution in [0.2, 0.25) is 0 Å². The number of benzene rings is 2. The molecule has 2 rings (SSSR count). The van der Waals surface area contributed by atoms with E-state index in [4.69, 9.17) is 4.74 Å². The number of rotatable bonds is 6. The Balaban J connectivity index is 1.99. The van der Waals surface area contributed by atoms with Gasteiger partial charge in [0.15, 0.2) is 11.5 Å². The molecular formula is C17H17Br2N3O3. The molecule has 3 N–H and O–H groups in total. The third-order valence-electron chi connectivity index (χ3n) is 3.27. The number of nitrogens with zero attached hydrogens (tertiary/aromatic N) is 1. The molecule has 132 valence electrons. The van der Waals surface area contributed by atoms with Crippen molar-refractivity contribution in [2.45, 2.75) is 6.92 Å². The van der Waals surface area contributed by atoms with Crippen LogP contribution in [-0.4, -0.2) is 30.9 Å². The second-order valence-corrected chi connectivity index (χ2v) is 6.80. The third-order valence-corrected chi connectivity index (χ3v) is 5.28. The van der Waals surface area contributed by atoms with Crippen LogP contribution in [-0.2, 0) is 4.79 Å². The topological polar surface area (TPSA) is 83.0 Å². The predicted octanol–water partition coefficient (Wildman–Crippen LogP) is 3.80. The minimum Gasteiger partial charge on any atom is -0.504 e. The molecule has 8 heteroatoms. The van der Waals surface area contributed by atoms with Crippen molar-refractivity contribution in [3.8, 4) is 11.5 Å².